The van der Waals surface area contributed by atoms with E-state index in [0.717, 1.165) is 12.2 Å². The van der Waals surface area contributed by atoms with Crippen LogP contribution in [0.2, 0.25) is 0 Å². The van der Waals surface area contributed by atoms with Crippen LogP contribution in [0.15, 0.2) is 18.2 Å². The van der Waals surface area contributed by atoms with Crippen molar-refractivity contribution in [2.45, 2.75) is 31.6 Å². The first-order valence-electron chi connectivity index (χ1n) is 5.58. The predicted octanol–water partition coefficient (Wildman–Crippen LogP) is 2.16. The van der Waals surface area contributed by atoms with Crippen LogP contribution in [0.1, 0.15) is 42.7 Å². The molecule has 2 atom stereocenters. The Kier molecular flexibility index (Phi) is 2.86. The smallest absolute Gasteiger partial charge is 0.218 e. The lowest BCUT2D eigenvalue weighted by atomic mass is 9.97. The van der Waals surface area contributed by atoms with Gasteiger partial charge < -0.3 is 10.5 Å². The van der Waals surface area contributed by atoms with Crippen LogP contribution in [0, 0.1) is 0 Å². The maximum absolute atomic E-state index is 11.0. The molecule has 0 saturated carbocycles. The Hall–Kier alpha value is -1.51. The van der Waals surface area contributed by atoms with Crippen LogP contribution < -0.4 is 10.5 Å². The van der Waals surface area contributed by atoms with Gasteiger partial charge in [-0.3, -0.25) is 4.79 Å². The molecule has 0 radical (unpaired) electrons. The molecule has 86 valence electrons. The normalized spacial score (nSPS) is 22.9. The zero-order valence-electron chi connectivity index (χ0n) is 9.69. The summed E-state index contributed by atoms with van der Waals surface area (Å²) >= 11 is 0. The first-order chi connectivity index (χ1) is 7.63. The lowest BCUT2D eigenvalue weighted by Crippen LogP contribution is -2.14. The maximum atomic E-state index is 11.0. The zero-order chi connectivity index (χ0) is 11.7. The van der Waals surface area contributed by atoms with E-state index in [1.54, 1.807) is 7.11 Å². The van der Waals surface area contributed by atoms with Crippen LogP contribution in [0.3, 0.4) is 0 Å². The van der Waals surface area contributed by atoms with Gasteiger partial charge in [0.25, 0.3) is 0 Å². The van der Waals surface area contributed by atoms with Crippen LogP contribution >= 0.6 is 0 Å². The Morgan fingerprint density at radius 2 is 2.31 bits per heavy atom. The SMILES string of the molecule is COc1cccc2c1C(C)CC2CC(N)=O. The van der Waals surface area contributed by atoms with E-state index in [0.29, 0.717) is 12.3 Å². The molecule has 1 aromatic rings. The third-order valence-electron chi connectivity index (χ3n) is 3.34. The number of rotatable bonds is 3. The Morgan fingerprint density at radius 1 is 1.56 bits per heavy atom. The molecule has 1 aliphatic carbocycles. The molecule has 0 aliphatic heterocycles. The molecule has 0 spiro atoms. The minimum Gasteiger partial charge on any atom is -0.496 e. The molecule has 0 heterocycles. The molecule has 1 aliphatic rings. The van der Waals surface area contributed by atoms with Gasteiger partial charge in [-0.25, -0.2) is 0 Å². The number of carbonyl (C=O) groups is 1. The Labute approximate surface area is 95.6 Å². The lowest BCUT2D eigenvalue weighted by Gasteiger charge is -2.11. The van der Waals surface area contributed by atoms with Crippen molar-refractivity contribution in [3.63, 3.8) is 0 Å². The van der Waals surface area contributed by atoms with Gasteiger partial charge in [0, 0.05) is 12.0 Å². The summed E-state index contributed by atoms with van der Waals surface area (Å²) in [7, 11) is 1.68. The van der Waals surface area contributed by atoms with Crippen molar-refractivity contribution in [3.8, 4) is 5.75 Å². The topological polar surface area (TPSA) is 52.3 Å². The van der Waals surface area contributed by atoms with Crippen molar-refractivity contribution >= 4 is 5.91 Å². The van der Waals surface area contributed by atoms with Crippen molar-refractivity contribution < 1.29 is 9.53 Å². The Morgan fingerprint density at radius 3 is 2.94 bits per heavy atom. The molecule has 2 N–H and O–H groups in total. The van der Waals surface area contributed by atoms with Crippen LogP contribution in [0.5, 0.6) is 5.75 Å². The van der Waals surface area contributed by atoms with E-state index in [4.69, 9.17) is 10.5 Å². The number of primary amides is 1. The average Bonchev–Trinajstić information content (AvgIpc) is 2.55. The Balaban J connectivity index is 2.39. The van der Waals surface area contributed by atoms with Crippen molar-refractivity contribution in [1.82, 2.24) is 0 Å². The van der Waals surface area contributed by atoms with Crippen molar-refractivity contribution in [2.24, 2.45) is 5.73 Å². The van der Waals surface area contributed by atoms with Crippen molar-refractivity contribution in [3.05, 3.63) is 29.3 Å². The van der Waals surface area contributed by atoms with E-state index in [-0.39, 0.29) is 11.8 Å². The minimum absolute atomic E-state index is 0.229. The van der Waals surface area contributed by atoms with Crippen molar-refractivity contribution in [2.75, 3.05) is 7.11 Å². The zero-order valence-corrected chi connectivity index (χ0v) is 9.69. The van der Waals surface area contributed by atoms with Gasteiger partial charge >= 0.3 is 0 Å². The second-order valence-electron chi connectivity index (χ2n) is 4.47. The molecule has 16 heavy (non-hydrogen) atoms. The average molecular weight is 219 g/mol. The fourth-order valence-corrected chi connectivity index (χ4v) is 2.73. The second-order valence-corrected chi connectivity index (χ2v) is 4.47. The number of hydrogen-bond donors (Lipinski definition) is 1. The number of carbonyl (C=O) groups excluding carboxylic acids is 1. The number of hydrogen-bond acceptors (Lipinski definition) is 2. The Bertz CT molecular complexity index is 414. The number of methoxy groups -OCH3 is 1. The van der Waals surface area contributed by atoms with E-state index in [1.807, 2.05) is 12.1 Å². The molecule has 2 rings (SSSR count). The van der Waals surface area contributed by atoms with Gasteiger partial charge in [0.1, 0.15) is 5.75 Å². The summed E-state index contributed by atoms with van der Waals surface area (Å²) in [5.41, 5.74) is 7.75. The molecular weight excluding hydrogens is 202 g/mol. The summed E-state index contributed by atoms with van der Waals surface area (Å²) in [6.07, 6.45) is 1.42. The molecule has 0 saturated heterocycles. The first-order valence-corrected chi connectivity index (χ1v) is 5.58. The summed E-state index contributed by atoms with van der Waals surface area (Å²) in [6.45, 7) is 2.17. The van der Waals surface area contributed by atoms with Gasteiger partial charge in [0.05, 0.1) is 7.11 Å². The van der Waals surface area contributed by atoms with Crippen LogP contribution in [0.4, 0.5) is 0 Å². The monoisotopic (exact) mass is 219 g/mol. The molecule has 1 amide bonds. The summed E-state index contributed by atoms with van der Waals surface area (Å²) in [5, 5.41) is 0. The van der Waals surface area contributed by atoms with Gasteiger partial charge in [0.15, 0.2) is 0 Å². The van der Waals surface area contributed by atoms with Gasteiger partial charge in [-0.15, -0.1) is 0 Å². The molecule has 3 heteroatoms. The number of amides is 1. The van der Waals surface area contributed by atoms with Gasteiger partial charge in [-0.2, -0.15) is 0 Å². The molecule has 0 bridgehead atoms. The lowest BCUT2D eigenvalue weighted by molar-refractivity contribution is -0.118. The summed E-state index contributed by atoms with van der Waals surface area (Å²) in [5.74, 6) is 1.40. The fraction of sp³-hybridized carbons (Fsp3) is 0.462. The summed E-state index contributed by atoms with van der Waals surface area (Å²) in [4.78, 5) is 11.0. The van der Waals surface area contributed by atoms with Crippen LogP contribution in [-0.4, -0.2) is 13.0 Å². The number of nitrogens with two attached hydrogens (primary N) is 1. The maximum Gasteiger partial charge on any atom is 0.218 e. The molecule has 3 nitrogen and oxygen atoms in total. The number of ether oxygens (including phenoxy) is 1. The van der Waals surface area contributed by atoms with Gasteiger partial charge in [-0.05, 0) is 29.9 Å². The highest BCUT2D eigenvalue weighted by Gasteiger charge is 2.31. The number of fused-ring (bicyclic) bond motifs is 1. The van der Waals surface area contributed by atoms with E-state index < -0.39 is 0 Å². The quantitative estimate of drug-likeness (QED) is 0.847. The highest BCUT2D eigenvalue weighted by atomic mass is 16.5. The van der Waals surface area contributed by atoms with Crippen molar-refractivity contribution in [1.29, 1.82) is 0 Å². The molecular formula is C13H17NO2. The van der Waals surface area contributed by atoms with Crippen LogP contribution in [0.25, 0.3) is 0 Å². The fourth-order valence-electron chi connectivity index (χ4n) is 2.73. The van der Waals surface area contributed by atoms with E-state index in [9.17, 15) is 4.79 Å². The largest absolute Gasteiger partial charge is 0.496 e. The predicted molar refractivity (Wildman–Crippen MR) is 62.6 cm³/mol. The highest BCUT2D eigenvalue weighted by Crippen LogP contribution is 2.46. The molecule has 1 aromatic carbocycles. The van der Waals surface area contributed by atoms with E-state index in [1.165, 1.54) is 11.1 Å². The number of benzene rings is 1. The first kappa shape index (κ1) is 11.0. The van der Waals surface area contributed by atoms with Gasteiger partial charge in [-0.1, -0.05) is 19.1 Å². The summed E-state index contributed by atoms with van der Waals surface area (Å²) in [6, 6.07) is 6.03. The van der Waals surface area contributed by atoms with E-state index >= 15 is 0 Å². The second kappa shape index (κ2) is 4.16. The van der Waals surface area contributed by atoms with Crippen LogP contribution in [-0.2, 0) is 4.79 Å². The van der Waals surface area contributed by atoms with Gasteiger partial charge in [0.2, 0.25) is 5.91 Å². The molecule has 2 unspecified atom stereocenters. The highest BCUT2D eigenvalue weighted by molar-refractivity contribution is 5.75. The molecule has 0 aromatic heterocycles. The third kappa shape index (κ3) is 1.77. The third-order valence-corrected chi connectivity index (χ3v) is 3.34. The molecule has 0 fully saturated rings. The summed E-state index contributed by atoms with van der Waals surface area (Å²) < 4.78 is 5.36. The standard InChI is InChI=1S/C13H17NO2/c1-8-6-9(7-12(14)15)10-4-3-5-11(16-2)13(8)10/h3-5,8-9H,6-7H2,1-2H3,(H2,14,15). The van der Waals surface area contributed by atoms with E-state index in [2.05, 4.69) is 13.0 Å². The minimum atomic E-state index is -0.229.